The Morgan fingerprint density at radius 2 is 0.893 bits per heavy atom. The molecule has 0 aliphatic heterocycles. The SMILES string of the molecule is C=C(OC(=NC)c1ccc(-n2c3ccccc3c3cc(-c4ccc5c(c4)c4ccccc4n5-c4ccccc4)ccc32)cc1)c1cccc(-c2ccccc2)c1. The zero-order valence-electron chi connectivity index (χ0n) is 30.9. The average molecular weight is 720 g/mol. The van der Waals surface area contributed by atoms with Crippen molar-refractivity contribution in [2.45, 2.75) is 0 Å². The van der Waals surface area contributed by atoms with E-state index < -0.39 is 0 Å². The number of aliphatic imine (C=N–C) groups is 1. The van der Waals surface area contributed by atoms with Crippen LogP contribution in [0.5, 0.6) is 0 Å². The number of aromatic nitrogens is 2. The van der Waals surface area contributed by atoms with E-state index >= 15 is 0 Å². The number of ether oxygens (including phenoxy) is 1. The molecule has 10 aromatic rings. The van der Waals surface area contributed by atoms with Crippen LogP contribution in [0.25, 0.3) is 83.0 Å². The molecule has 0 saturated heterocycles. The largest absolute Gasteiger partial charge is 0.439 e. The fraction of sp³-hybridized carbons (Fsp3) is 0.0192. The third-order valence-corrected chi connectivity index (χ3v) is 10.8. The molecule has 4 heteroatoms. The standard InChI is InChI=1S/C52H37N3O/c1-35(38-16-13-17-39(32-38)36-14-5-3-6-15-36)56-52(53-2)37-24-28-43(29-25-37)55-49-23-12-10-21-45(49)47-34-41(27-31-51(47)55)40-26-30-50-46(33-40)44-20-9-11-22-48(44)54(50)42-18-7-4-8-19-42/h3-34H,1H2,2H3. The Morgan fingerprint density at radius 1 is 0.411 bits per heavy atom. The van der Waals surface area contributed by atoms with Crippen LogP contribution in [0.4, 0.5) is 0 Å². The normalized spacial score (nSPS) is 11.8. The van der Waals surface area contributed by atoms with Gasteiger partial charge < -0.3 is 13.9 Å². The topological polar surface area (TPSA) is 31.4 Å². The minimum Gasteiger partial charge on any atom is -0.439 e. The molecule has 0 spiro atoms. The third-order valence-electron chi connectivity index (χ3n) is 10.8. The number of nitrogens with zero attached hydrogens (tertiary/aromatic N) is 3. The highest BCUT2D eigenvalue weighted by Crippen LogP contribution is 2.38. The first-order chi connectivity index (χ1) is 27.6. The minimum atomic E-state index is 0.516. The van der Waals surface area contributed by atoms with Crippen molar-refractivity contribution in [3.63, 3.8) is 0 Å². The molecule has 0 saturated carbocycles. The summed E-state index contributed by atoms with van der Waals surface area (Å²) >= 11 is 0. The molecule has 0 unspecified atom stereocenters. The van der Waals surface area contributed by atoms with E-state index in [2.05, 4.69) is 184 Å². The molecule has 0 aliphatic carbocycles. The molecule has 266 valence electrons. The van der Waals surface area contributed by atoms with Gasteiger partial charge in [0.1, 0.15) is 5.76 Å². The molecule has 56 heavy (non-hydrogen) atoms. The number of benzene rings is 8. The van der Waals surface area contributed by atoms with Crippen LogP contribution in [0.2, 0.25) is 0 Å². The molecule has 4 nitrogen and oxygen atoms in total. The van der Waals surface area contributed by atoms with Crippen LogP contribution in [0.1, 0.15) is 11.1 Å². The molecule has 0 radical (unpaired) electrons. The van der Waals surface area contributed by atoms with E-state index in [-0.39, 0.29) is 0 Å². The summed E-state index contributed by atoms with van der Waals surface area (Å²) in [4.78, 5) is 4.51. The Labute approximate surface area is 325 Å². The summed E-state index contributed by atoms with van der Waals surface area (Å²) in [7, 11) is 1.75. The zero-order chi connectivity index (χ0) is 37.6. The Bertz CT molecular complexity index is 3110. The molecule has 0 bridgehead atoms. The van der Waals surface area contributed by atoms with Gasteiger partial charge in [0.05, 0.1) is 22.1 Å². The van der Waals surface area contributed by atoms with Gasteiger partial charge in [-0.1, -0.05) is 122 Å². The van der Waals surface area contributed by atoms with Crippen molar-refractivity contribution in [2.75, 3.05) is 7.05 Å². The number of hydrogen-bond acceptors (Lipinski definition) is 2. The van der Waals surface area contributed by atoms with Crippen LogP contribution < -0.4 is 0 Å². The second-order valence-corrected chi connectivity index (χ2v) is 14.1. The van der Waals surface area contributed by atoms with Crippen LogP contribution in [-0.2, 0) is 4.74 Å². The van der Waals surface area contributed by atoms with Gasteiger partial charge in [0.25, 0.3) is 0 Å². The van der Waals surface area contributed by atoms with Crippen LogP contribution in [-0.4, -0.2) is 22.1 Å². The van der Waals surface area contributed by atoms with E-state index in [0.29, 0.717) is 11.7 Å². The van der Waals surface area contributed by atoms with Crippen molar-refractivity contribution >= 4 is 55.3 Å². The summed E-state index contributed by atoms with van der Waals surface area (Å²) < 4.78 is 11.0. The summed E-state index contributed by atoms with van der Waals surface area (Å²) in [5.41, 5.74) is 13.4. The monoisotopic (exact) mass is 719 g/mol. The summed E-state index contributed by atoms with van der Waals surface area (Å²) in [5.74, 6) is 1.06. The van der Waals surface area contributed by atoms with Gasteiger partial charge in [-0.15, -0.1) is 0 Å². The fourth-order valence-electron chi connectivity index (χ4n) is 8.10. The van der Waals surface area contributed by atoms with Crippen LogP contribution in [0, 0.1) is 0 Å². The molecule has 8 aromatic carbocycles. The van der Waals surface area contributed by atoms with Crippen LogP contribution in [0.15, 0.2) is 206 Å². The number of rotatable bonds is 7. The second kappa shape index (κ2) is 13.8. The summed E-state index contributed by atoms with van der Waals surface area (Å²) in [6.45, 7) is 4.26. The maximum atomic E-state index is 6.31. The zero-order valence-corrected chi connectivity index (χ0v) is 30.9. The average Bonchev–Trinajstić information content (AvgIpc) is 3.78. The van der Waals surface area contributed by atoms with Crippen molar-refractivity contribution in [1.82, 2.24) is 9.13 Å². The minimum absolute atomic E-state index is 0.516. The predicted molar refractivity (Wildman–Crippen MR) is 235 cm³/mol. The van der Waals surface area contributed by atoms with Gasteiger partial charge in [-0.2, -0.15) is 0 Å². The smallest absolute Gasteiger partial charge is 0.221 e. The molecule has 0 atom stereocenters. The van der Waals surface area contributed by atoms with Gasteiger partial charge in [-0.25, -0.2) is 0 Å². The Balaban J connectivity index is 0.986. The van der Waals surface area contributed by atoms with Gasteiger partial charge in [0, 0.05) is 51.1 Å². The van der Waals surface area contributed by atoms with Crippen molar-refractivity contribution in [3.05, 3.63) is 212 Å². The third kappa shape index (κ3) is 5.67. The molecule has 10 rings (SSSR count). The van der Waals surface area contributed by atoms with Crippen molar-refractivity contribution in [2.24, 2.45) is 4.99 Å². The second-order valence-electron chi connectivity index (χ2n) is 14.1. The number of hydrogen-bond donors (Lipinski definition) is 0. The van der Waals surface area contributed by atoms with E-state index in [9.17, 15) is 0 Å². The maximum absolute atomic E-state index is 6.31. The lowest BCUT2D eigenvalue weighted by atomic mass is 10.0. The summed E-state index contributed by atoms with van der Waals surface area (Å²) in [5, 5.41) is 4.91. The molecule has 0 N–H and O–H groups in total. The van der Waals surface area contributed by atoms with E-state index in [0.717, 1.165) is 44.7 Å². The Hall–Kier alpha value is -7.43. The van der Waals surface area contributed by atoms with Crippen molar-refractivity contribution in [1.29, 1.82) is 0 Å². The van der Waals surface area contributed by atoms with E-state index in [1.807, 2.05) is 30.3 Å². The highest BCUT2D eigenvalue weighted by Gasteiger charge is 2.17. The number of fused-ring (bicyclic) bond motifs is 6. The van der Waals surface area contributed by atoms with Crippen molar-refractivity contribution in [3.8, 4) is 33.6 Å². The molecule has 0 fully saturated rings. The van der Waals surface area contributed by atoms with E-state index in [1.165, 1.54) is 43.7 Å². The Morgan fingerprint density at radius 3 is 1.48 bits per heavy atom. The highest BCUT2D eigenvalue weighted by atomic mass is 16.5. The van der Waals surface area contributed by atoms with Crippen LogP contribution >= 0.6 is 0 Å². The maximum Gasteiger partial charge on any atom is 0.221 e. The predicted octanol–water partition coefficient (Wildman–Crippen LogP) is 13.3. The Kier molecular flexibility index (Phi) is 8.15. The van der Waals surface area contributed by atoms with Crippen molar-refractivity contribution < 1.29 is 4.74 Å². The van der Waals surface area contributed by atoms with E-state index in [4.69, 9.17) is 4.74 Å². The van der Waals surface area contributed by atoms with Crippen LogP contribution in [0.3, 0.4) is 0 Å². The lowest BCUT2D eigenvalue weighted by Crippen LogP contribution is -2.06. The lowest BCUT2D eigenvalue weighted by Gasteiger charge is -2.14. The van der Waals surface area contributed by atoms with Gasteiger partial charge >= 0.3 is 0 Å². The fourth-order valence-corrected chi connectivity index (χ4v) is 8.10. The first-order valence-electron chi connectivity index (χ1n) is 18.9. The molecule has 2 heterocycles. The van der Waals surface area contributed by atoms with Gasteiger partial charge in [0.15, 0.2) is 0 Å². The molecule has 0 aliphatic rings. The molecule has 0 amide bonds. The van der Waals surface area contributed by atoms with Gasteiger partial charge in [0.2, 0.25) is 5.90 Å². The summed E-state index contributed by atoms with van der Waals surface area (Å²) in [6, 6.07) is 68.6. The first kappa shape index (κ1) is 33.2. The molecule has 2 aromatic heterocycles. The molecular weight excluding hydrogens is 683 g/mol. The highest BCUT2D eigenvalue weighted by molar-refractivity contribution is 6.12. The molecular formula is C52H37N3O. The van der Waals surface area contributed by atoms with Gasteiger partial charge in [-0.05, 0) is 101 Å². The first-order valence-corrected chi connectivity index (χ1v) is 18.9. The summed E-state index contributed by atoms with van der Waals surface area (Å²) in [6.07, 6.45) is 0. The number of para-hydroxylation sites is 3. The van der Waals surface area contributed by atoms with E-state index in [1.54, 1.807) is 7.05 Å². The van der Waals surface area contributed by atoms with Gasteiger partial charge in [-0.3, -0.25) is 4.99 Å². The quantitative estimate of drug-likeness (QED) is 0.0917. The lowest BCUT2D eigenvalue weighted by molar-refractivity contribution is 0.509.